The molecule has 0 aromatic heterocycles. The van der Waals surface area contributed by atoms with E-state index in [1.807, 2.05) is 18.2 Å². The molecule has 2 aliphatic rings. The van der Waals surface area contributed by atoms with E-state index in [0.29, 0.717) is 13.2 Å². The Balaban J connectivity index is 1.81. The largest absolute Gasteiger partial charge is 0.394 e. The predicted molar refractivity (Wildman–Crippen MR) is 75.3 cm³/mol. The van der Waals surface area contributed by atoms with Crippen molar-refractivity contribution in [1.29, 1.82) is 0 Å². The summed E-state index contributed by atoms with van der Waals surface area (Å²) in [4.78, 5) is 14.4. The zero-order valence-corrected chi connectivity index (χ0v) is 11.6. The van der Waals surface area contributed by atoms with Gasteiger partial charge in [-0.25, -0.2) is 0 Å². The molecule has 20 heavy (non-hydrogen) atoms. The van der Waals surface area contributed by atoms with E-state index in [4.69, 9.17) is 4.74 Å². The fraction of sp³-hybridized carbons (Fsp3) is 0.562. The minimum absolute atomic E-state index is 0.0323. The summed E-state index contributed by atoms with van der Waals surface area (Å²) in [7, 11) is 0. The molecule has 1 aromatic carbocycles. The van der Waals surface area contributed by atoms with Crippen molar-refractivity contribution in [2.24, 2.45) is 0 Å². The van der Waals surface area contributed by atoms with Crippen LogP contribution in [0.1, 0.15) is 36.4 Å². The van der Waals surface area contributed by atoms with Crippen LogP contribution >= 0.6 is 0 Å². The fourth-order valence-electron chi connectivity index (χ4n) is 3.23. The number of rotatable bonds is 2. The Hall–Kier alpha value is -1.39. The third kappa shape index (κ3) is 2.45. The normalized spacial score (nSPS) is 26.1. The molecule has 4 nitrogen and oxygen atoms in total. The van der Waals surface area contributed by atoms with Gasteiger partial charge >= 0.3 is 0 Å². The quantitative estimate of drug-likeness (QED) is 0.893. The van der Waals surface area contributed by atoms with Gasteiger partial charge in [-0.15, -0.1) is 0 Å². The Morgan fingerprint density at radius 3 is 2.95 bits per heavy atom. The molecule has 0 spiro atoms. The first kappa shape index (κ1) is 13.6. The summed E-state index contributed by atoms with van der Waals surface area (Å²) in [5.41, 5.74) is 2.31. The molecule has 0 unspecified atom stereocenters. The zero-order valence-electron chi connectivity index (χ0n) is 11.6. The van der Waals surface area contributed by atoms with Gasteiger partial charge in [0, 0.05) is 13.2 Å². The van der Waals surface area contributed by atoms with Gasteiger partial charge in [-0.1, -0.05) is 24.3 Å². The number of hydrogen-bond donors (Lipinski definition) is 1. The standard InChI is InChI=1S/C16H21NO3/c18-11-14-13-6-2-1-5-12(13)8-9-17(14)16(19)15-7-3-4-10-20-15/h1-2,5-6,14-15,18H,3-4,7-11H2/t14-,15-/m0/s1. The lowest BCUT2D eigenvalue weighted by Gasteiger charge is -2.38. The third-order valence-electron chi connectivity index (χ3n) is 4.32. The highest BCUT2D eigenvalue weighted by Crippen LogP contribution is 2.30. The van der Waals surface area contributed by atoms with Crippen LogP contribution in [0.15, 0.2) is 24.3 Å². The second-order valence-electron chi connectivity index (χ2n) is 5.53. The number of carbonyl (C=O) groups is 1. The number of carbonyl (C=O) groups excluding carboxylic acids is 1. The van der Waals surface area contributed by atoms with Gasteiger partial charge in [-0.3, -0.25) is 4.79 Å². The highest BCUT2D eigenvalue weighted by Gasteiger charge is 2.34. The second-order valence-corrected chi connectivity index (χ2v) is 5.53. The van der Waals surface area contributed by atoms with E-state index in [9.17, 15) is 9.90 Å². The molecule has 1 saturated heterocycles. The molecular weight excluding hydrogens is 254 g/mol. The highest BCUT2D eigenvalue weighted by molar-refractivity contribution is 5.82. The fourth-order valence-corrected chi connectivity index (χ4v) is 3.23. The van der Waals surface area contributed by atoms with Crippen LogP contribution in [0.4, 0.5) is 0 Å². The lowest BCUT2D eigenvalue weighted by molar-refractivity contribution is -0.150. The molecule has 2 heterocycles. The van der Waals surface area contributed by atoms with E-state index in [0.717, 1.165) is 31.2 Å². The zero-order chi connectivity index (χ0) is 13.9. The predicted octanol–water partition coefficient (Wildman–Crippen LogP) is 1.67. The Kier molecular flexibility index (Phi) is 4.03. The summed E-state index contributed by atoms with van der Waals surface area (Å²) in [5.74, 6) is 0.0400. The maximum Gasteiger partial charge on any atom is 0.252 e. The van der Waals surface area contributed by atoms with Crippen LogP contribution in [0.25, 0.3) is 0 Å². The van der Waals surface area contributed by atoms with Crippen LogP contribution in [0, 0.1) is 0 Å². The third-order valence-corrected chi connectivity index (χ3v) is 4.32. The topological polar surface area (TPSA) is 49.8 Å². The van der Waals surface area contributed by atoms with Crippen molar-refractivity contribution >= 4 is 5.91 Å². The van der Waals surface area contributed by atoms with E-state index in [2.05, 4.69) is 6.07 Å². The first-order chi connectivity index (χ1) is 9.81. The number of amides is 1. The van der Waals surface area contributed by atoms with Crippen LogP contribution in [0.5, 0.6) is 0 Å². The summed E-state index contributed by atoms with van der Waals surface area (Å²) < 4.78 is 5.60. The molecule has 0 radical (unpaired) electrons. The Bertz CT molecular complexity index is 482. The van der Waals surface area contributed by atoms with E-state index in [1.165, 1.54) is 5.56 Å². The molecular formula is C16H21NO3. The van der Waals surface area contributed by atoms with Crippen LogP contribution in [0.3, 0.4) is 0 Å². The molecule has 4 heteroatoms. The summed E-state index contributed by atoms with van der Waals surface area (Å²) in [6.07, 6.45) is 3.42. The first-order valence-electron chi connectivity index (χ1n) is 7.42. The molecule has 0 aliphatic carbocycles. The van der Waals surface area contributed by atoms with Gasteiger partial charge in [0.1, 0.15) is 6.10 Å². The Morgan fingerprint density at radius 2 is 2.20 bits per heavy atom. The average Bonchev–Trinajstić information content (AvgIpc) is 2.54. The SMILES string of the molecule is O=C([C@@H]1CCCCO1)N1CCc2ccccc2[C@@H]1CO. The monoisotopic (exact) mass is 275 g/mol. The Labute approximate surface area is 119 Å². The lowest BCUT2D eigenvalue weighted by Crippen LogP contribution is -2.47. The van der Waals surface area contributed by atoms with Crippen molar-refractivity contribution in [1.82, 2.24) is 4.90 Å². The molecule has 1 N–H and O–H groups in total. The van der Waals surface area contributed by atoms with Crippen LogP contribution < -0.4 is 0 Å². The average molecular weight is 275 g/mol. The molecule has 0 bridgehead atoms. The minimum atomic E-state index is -0.317. The highest BCUT2D eigenvalue weighted by atomic mass is 16.5. The number of aliphatic hydroxyl groups is 1. The minimum Gasteiger partial charge on any atom is -0.394 e. The van der Waals surface area contributed by atoms with Gasteiger partial charge in [-0.05, 0) is 36.8 Å². The van der Waals surface area contributed by atoms with Crippen molar-refractivity contribution < 1.29 is 14.6 Å². The smallest absolute Gasteiger partial charge is 0.252 e. The molecule has 2 atom stereocenters. The molecule has 1 amide bonds. The van der Waals surface area contributed by atoms with Crippen molar-refractivity contribution in [3.05, 3.63) is 35.4 Å². The summed E-state index contributed by atoms with van der Waals surface area (Å²) in [6.45, 7) is 1.31. The number of benzene rings is 1. The number of fused-ring (bicyclic) bond motifs is 1. The number of nitrogens with zero attached hydrogens (tertiary/aromatic N) is 1. The summed E-state index contributed by atoms with van der Waals surface area (Å²) >= 11 is 0. The number of aliphatic hydroxyl groups excluding tert-OH is 1. The molecule has 1 fully saturated rings. The molecule has 3 rings (SSSR count). The van der Waals surface area contributed by atoms with Crippen molar-refractivity contribution in [2.75, 3.05) is 19.8 Å². The van der Waals surface area contributed by atoms with Gasteiger partial charge in [0.05, 0.1) is 12.6 Å². The van der Waals surface area contributed by atoms with E-state index in [1.54, 1.807) is 4.90 Å². The molecule has 2 aliphatic heterocycles. The van der Waals surface area contributed by atoms with Gasteiger partial charge < -0.3 is 14.7 Å². The molecule has 1 aromatic rings. The lowest BCUT2D eigenvalue weighted by atomic mass is 9.92. The van der Waals surface area contributed by atoms with Gasteiger partial charge in [0.15, 0.2) is 0 Å². The maximum absolute atomic E-state index is 12.6. The number of ether oxygens (including phenoxy) is 1. The second kappa shape index (κ2) is 5.94. The van der Waals surface area contributed by atoms with Crippen LogP contribution in [-0.2, 0) is 16.0 Å². The number of hydrogen-bond acceptors (Lipinski definition) is 3. The summed E-state index contributed by atoms with van der Waals surface area (Å²) in [6, 6.07) is 7.84. The van der Waals surface area contributed by atoms with E-state index >= 15 is 0 Å². The van der Waals surface area contributed by atoms with Gasteiger partial charge in [0.25, 0.3) is 5.91 Å². The molecule has 0 saturated carbocycles. The van der Waals surface area contributed by atoms with Crippen molar-refractivity contribution in [3.63, 3.8) is 0 Å². The van der Waals surface area contributed by atoms with Gasteiger partial charge in [0.2, 0.25) is 0 Å². The van der Waals surface area contributed by atoms with Gasteiger partial charge in [-0.2, -0.15) is 0 Å². The summed E-state index contributed by atoms with van der Waals surface area (Å²) in [5, 5.41) is 9.72. The first-order valence-corrected chi connectivity index (χ1v) is 7.42. The van der Waals surface area contributed by atoms with Crippen LogP contribution in [-0.4, -0.2) is 41.8 Å². The molecule has 108 valence electrons. The Morgan fingerprint density at radius 1 is 1.35 bits per heavy atom. The van der Waals surface area contributed by atoms with Crippen LogP contribution in [0.2, 0.25) is 0 Å². The van der Waals surface area contributed by atoms with E-state index < -0.39 is 0 Å². The van der Waals surface area contributed by atoms with Crippen molar-refractivity contribution in [2.45, 2.75) is 37.8 Å². The van der Waals surface area contributed by atoms with E-state index in [-0.39, 0.29) is 24.7 Å². The van der Waals surface area contributed by atoms with Crippen molar-refractivity contribution in [3.8, 4) is 0 Å². The maximum atomic E-state index is 12.6.